The first-order chi connectivity index (χ1) is 8.34. The maximum Gasteiger partial charge on any atom is 0.0907 e. The first-order valence-corrected chi connectivity index (χ1v) is 6.96. The number of aliphatic hydroxyl groups is 1. The predicted octanol–water partition coefficient (Wildman–Crippen LogP) is 2.76. The summed E-state index contributed by atoms with van der Waals surface area (Å²) in [4.78, 5) is 1.31. The molecule has 0 saturated carbocycles. The molecule has 0 saturated heterocycles. The normalized spacial score (nSPS) is 24.8. The van der Waals surface area contributed by atoms with Crippen LogP contribution in [0.5, 0.6) is 0 Å². The summed E-state index contributed by atoms with van der Waals surface area (Å²) in [5, 5.41) is 10.6. The minimum Gasteiger partial charge on any atom is -0.501 e. The van der Waals surface area contributed by atoms with Gasteiger partial charge in [-0.2, -0.15) is 0 Å². The molecule has 0 radical (unpaired) electrons. The molecule has 0 aliphatic carbocycles. The molecule has 1 N–H and O–H groups in total. The molecule has 2 heterocycles. The van der Waals surface area contributed by atoms with Crippen LogP contribution in [-0.4, -0.2) is 23.1 Å². The van der Waals surface area contributed by atoms with E-state index in [4.69, 9.17) is 4.74 Å². The summed E-state index contributed by atoms with van der Waals surface area (Å²) in [7, 11) is 0. The Morgan fingerprint density at radius 2 is 2.24 bits per heavy atom. The van der Waals surface area contributed by atoms with Crippen molar-refractivity contribution in [2.45, 2.75) is 35.5 Å². The summed E-state index contributed by atoms with van der Waals surface area (Å²) < 4.78 is 5.31. The van der Waals surface area contributed by atoms with Crippen molar-refractivity contribution < 1.29 is 9.84 Å². The van der Waals surface area contributed by atoms with Gasteiger partial charge in [0, 0.05) is 10.1 Å². The Bertz CT molecular complexity index is 417. The van der Waals surface area contributed by atoms with Crippen LogP contribution in [0.1, 0.15) is 18.4 Å². The Hall–Kier alpha value is -0.930. The van der Waals surface area contributed by atoms with E-state index in [1.807, 2.05) is 0 Å². The molecular formula is C14H16O2S. The number of thioether (sulfide) groups is 1. The first kappa shape index (κ1) is 11.2. The van der Waals surface area contributed by atoms with Crippen LogP contribution >= 0.6 is 11.8 Å². The van der Waals surface area contributed by atoms with Gasteiger partial charge >= 0.3 is 0 Å². The van der Waals surface area contributed by atoms with E-state index in [-0.39, 0.29) is 11.4 Å². The molecule has 1 aromatic rings. The van der Waals surface area contributed by atoms with Gasteiger partial charge in [0.05, 0.1) is 19.0 Å². The number of benzene rings is 1. The number of fused-ring (bicyclic) bond motifs is 1. The monoisotopic (exact) mass is 248 g/mol. The first-order valence-electron chi connectivity index (χ1n) is 6.08. The van der Waals surface area contributed by atoms with Gasteiger partial charge in [-0.3, -0.25) is 0 Å². The van der Waals surface area contributed by atoms with Crippen molar-refractivity contribution in [3.8, 4) is 0 Å². The van der Waals surface area contributed by atoms with Crippen LogP contribution in [0.3, 0.4) is 0 Å². The second-order valence-corrected chi connectivity index (χ2v) is 5.86. The Kier molecular flexibility index (Phi) is 3.12. The summed E-state index contributed by atoms with van der Waals surface area (Å²) >= 11 is 1.79. The average molecular weight is 248 g/mol. The van der Waals surface area contributed by atoms with Crippen LogP contribution in [0.25, 0.3) is 0 Å². The largest absolute Gasteiger partial charge is 0.501 e. The number of aliphatic hydroxyl groups excluding tert-OH is 1. The molecule has 0 spiro atoms. The quantitative estimate of drug-likeness (QED) is 0.872. The lowest BCUT2D eigenvalue weighted by atomic mass is 9.98. The third-order valence-corrected chi connectivity index (χ3v) is 4.75. The van der Waals surface area contributed by atoms with Crippen LogP contribution < -0.4 is 0 Å². The Morgan fingerprint density at radius 3 is 3.00 bits per heavy atom. The Morgan fingerprint density at radius 1 is 1.35 bits per heavy atom. The molecule has 2 unspecified atom stereocenters. The van der Waals surface area contributed by atoms with Gasteiger partial charge in [0.2, 0.25) is 0 Å². The molecule has 17 heavy (non-hydrogen) atoms. The lowest BCUT2D eigenvalue weighted by Crippen LogP contribution is -2.26. The van der Waals surface area contributed by atoms with E-state index < -0.39 is 0 Å². The van der Waals surface area contributed by atoms with E-state index in [2.05, 4.69) is 24.3 Å². The van der Waals surface area contributed by atoms with E-state index in [0.29, 0.717) is 0 Å². The van der Waals surface area contributed by atoms with Gasteiger partial charge in [0.15, 0.2) is 0 Å². The molecule has 90 valence electrons. The van der Waals surface area contributed by atoms with E-state index >= 15 is 0 Å². The molecule has 2 aliphatic rings. The molecular weight excluding hydrogens is 232 g/mol. The molecule has 3 rings (SSSR count). The minimum absolute atomic E-state index is 0.250. The SMILES string of the molecule is OC(C1=COCCC1)C1Cc2ccccc2S1. The fourth-order valence-electron chi connectivity index (χ4n) is 2.43. The second kappa shape index (κ2) is 4.75. The fraction of sp³-hybridized carbons (Fsp3) is 0.429. The maximum absolute atomic E-state index is 10.4. The highest BCUT2D eigenvalue weighted by atomic mass is 32.2. The second-order valence-electron chi connectivity index (χ2n) is 4.58. The number of ether oxygens (including phenoxy) is 1. The smallest absolute Gasteiger partial charge is 0.0907 e. The molecule has 0 aromatic heterocycles. The van der Waals surface area contributed by atoms with Crippen molar-refractivity contribution in [3.05, 3.63) is 41.7 Å². The molecule has 3 heteroatoms. The Balaban J connectivity index is 1.73. The summed E-state index contributed by atoms with van der Waals surface area (Å²) in [6.45, 7) is 0.786. The molecule has 0 amide bonds. The third-order valence-electron chi connectivity index (χ3n) is 3.37. The van der Waals surface area contributed by atoms with Crippen molar-refractivity contribution in [2.75, 3.05) is 6.61 Å². The van der Waals surface area contributed by atoms with Crippen LogP contribution in [0.2, 0.25) is 0 Å². The minimum atomic E-state index is -0.368. The maximum atomic E-state index is 10.4. The lowest BCUT2D eigenvalue weighted by molar-refractivity contribution is 0.167. The van der Waals surface area contributed by atoms with Gasteiger partial charge < -0.3 is 9.84 Å². The van der Waals surface area contributed by atoms with Gasteiger partial charge in [-0.05, 0) is 36.5 Å². The number of hydrogen-bond donors (Lipinski definition) is 1. The standard InChI is InChI=1S/C14H16O2S/c15-14(11-5-3-7-16-9-11)13-8-10-4-1-2-6-12(10)17-13/h1-2,4,6,9,13-15H,3,5,7-8H2. The van der Waals surface area contributed by atoms with Gasteiger partial charge in [-0.15, -0.1) is 11.8 Å². The van der Waals surface area contributed by atoms with Crippen LogP contribution in [-0.2, 0) is 11.2 Å². The van der Waals surface area contributed by atoms with Crippen molar-refractivity contribution in [2.24, 2.45) is 0 Å². The zero-order valence-corrected chi connectivity index (χ0v) is 10.5. The van der Waals surface area contributed by atoms with Crippen LogP contribution in [0, 0.1) is 0 Å². The van der Waals surface area contributed by atoms with Crippen molar-refractivity contribution >= 4 is 11.8 Å². The number of rotatable bonds is 2. The molecule has 2 nitrogen and oxygen atoms in total. The molecule has 2 atom stereocenters. The van der Waals surface area contributed by atoms with Crippen molar-refractivity contribution in [3.63, 3.8) is 0 Å². The summed E-state index contributed by atoms with van der Waals surface area (Å²) in [5.41, 5.74) is 2.42. The highest BCUT2D eigenvalue weighted by Crippen LogP contribution is 2.40. The van der Waals surface area contributed by atoms with E-state index in [9.17, 15) is 5.11 Å². The van der Waals surface area contributed by atoms with E-state index in [0.717, 1.165) is 31.4 Å². The summed E-state index contributed by atoms with van der Waals surface area (Å²) in [6.07, 6.45) is 4.34. The van der Waals surface area contributed by atoms with Crippen LogP contribution in [0.4, 0.5) is 0 Å². The van der Waals surface area contributed by atoms with Gasteiger partial charge in [0.25, 0.3) is 0 Å². The fourth-order valence-corrected chi connectivity index (χ4v) is 3.78. The topological polar surface area (TPSA) is 29.5 Å². The van der Waals surface area contributed by atoms with Gasteiger partial charge in [-0.25, -0.2) is 0 Å². The Labute approximate surface area is 106 Å². The third kappa shape index (κ3) is 2.22. The molecule has 1 aromatic carbocycles. The molecule has 0 bridgehead atoms. The summed E-state index contributed by atoms with van der Waals surface area (Å²) in [5.74, 6) is 0. The highest BCUT2D eigenvalue weighted by molar-refractivity contribution is 8.00. The molecule has 0 fully saturated rings. The van der Waals surface area contributed by atoms with Crippen molar-refractivity contribution in [1.29, 1.82) is 0 Å². The van der Waals surface area contributed by atoms with E-state index in [1.54, 1.807) is 18.0 Å². The number of hydrogen-bond acceptors (Lipinski definition) is 3. The molecule has 2 aliphatic heterocycles. The predicted molar refractivity (Wildman–Crippen MR) is 69.1 cm³/mol. The zero-order valence-electron chi connectivity index (χ0n) is 9.63. The van der Waals surface area contributed by atoms with Crippen LogP contribution in [0.15, 0.2) is 41.0 Å². The average Bonchev–Trinajstić information content (AvgIpc) is 2.82. The highest BCUT2D eigenvalue weighted by Gasteiger charge is 2.30. The summed E-state index contributed by atoms with van der Waals surface area (Å²) in [6, 6.07) is 8.42. The lowest BCUT2D eigenvalue weighted by Gasteiger charge is -2.22. The van der Waals surface area contributed by atoms with Gasteiger partial charge in [-0.1, -0.05) is 18.2 Å². The van der Waals surface area contributed by atoms with Gasteiger partial charge in [0.1, 0.15) is 0 Å². The zero-order chi connectivity index (χ0) is 11.7. The van der Waals surface area contributed by atoms with Crippen molar-refractivity contribution in [1.82, 2.24) is 0 Å². The van der Waals surface area contributed by atoms with E-state index in [1.165, 1.54) is 10.5 Å².